The third kappa shape index (κ3) is 21.1. The Morgan fingerprint density at radius 1 is 0.833 bits per heavy atom. The predicted octanol–water partition coefficient (Wildman–Crippen LogP) is 2.21. The topological polar surface area (TPSA) is 351 Å². The molecule has 0 saturated carbocycles. The van der Waals surface area contributed by atoms with Gasteiger partial charge >= 0.3 is 11.9 Å². The van der Waals surface area contributed by atoms with Gasteiger partial charge in [-0.3, -0.25) is 62.5 Å². The largest absolute Gasteiger partial charge is 0.506 e. The van der Waals surface area contributed by atoms with Crippen molar-refractivity contribution in [2.45, 2.75) is 150 Å². The van der Waals surface area contributed by atoms with E-state index in [0.717, 1.165) is 16.2 Å². The molecular formula is C57H84N10O16S. The third-order valence-electron chi connectivity index (χ3n) is 14.4. The standard InChI is InChI=1S/C57H84N10O16S/c1-32(2)42(65(11)54(77)49(33(3)4)64-56(80)57(9,10)66-21-25-82-26-22-66)30-44(83-37(8)68)53-63-41(31-84-53)52(76)61-39(27-34(5)55(78)79)28-38-14-15-43(69)40(29-38)62-51(75)36(7)60-50(74)35(6)59-46(71)18-23-81-24-19-58-45(70)13-12-20-67-47(72)16-17-48(67)73/h14-17,29,31-36,39,42,44,49,69H,12-13,18-28,30H2,1-11H3,(H,58,70)(H,59,71)(H,60,74)(H,61,76)(H,62,75)(H,64,80)(H,78,79)/t34-,35-,36-,39+,42+,44+,49-/m0/s1. The van der Waals surface area contributed by atoms with Gasteiger partial charge < -0.3 is 61.2 Å². The van der Waals surface area contributed by atoms with Crippen LogP contribution in [0.15, 0.2) is 35.7 Å². The van der Waals surface area contributed by atoms with Crippen molar-refractivity contribution in [2.24, 2.45) is 17.8 Å². The number of phenols is 1. The van der Waals surface area contributed by atoms with Crippen LogP contribution in [0.5, 0.6) is 5.75 Å². The maximum atomic E-state index is 14.3. The summed E-state index contributed by atoms with van der Waals surface area (Å²) in [4.78, 5) is 150. The van der Waals surface area contributed by atoms with Crippen LogP contribution in [-0.2, 0) is 68.6 Å². The number of benzene rings is 1. The second-order valence-corrected chi connectivity index (χ2v) is 23.1. The number of imide groups is 1. The van der Waals surface area contributed by atoms with E-state index in [2.05, 4.69) is 36.9 Å². The van der Waals surface area contributed by atoms with Gasteiger partial charge in [0, 0.05) is 89.0 Å². The van der Waals surface area contributed by atoms with Crippen LogP contribution in [-0.4, -0.2) is 190 Å². The first kappa shape index (κ1) is 69.1. The average Bonchev–Trinajstić information content (AvgIpc) is 3.96. The minimum Gasteiger partial charge on any atom is -0.506 e. The van der Waals surface area contributed by atoms with E-state index in [9.17, 15) is 63.0 Å². The molecule has 0 unspecified atom stereocenters. The van der Waals surface area contributed by atoms with Crippen molar-refractivity contribution in [1.82, 2.24) is 46.3 Å². The van der Waals surface area contributed by atoms with Crippen LogP contribution < -0.4 is 31.9 Å². The number of carboxylic acids is 1. The number of esters is 1. The Balaban J connectivity index is 1.33. The first-order valence-electron chi connectivity index (χ1n) is 28.2. The molecule has 3 heterocycles. The highest BCUT2D eigenvalue weighted by Crippen LogP contribution is 2.32. The first-order chi connectivity index (χ1) is 39.5. The number of morpholine rings is 1. The normalized spacial score (nSPS) is 16.2. The van der Waals surface area contributed by atoms with Gasteiger partial charge in [-0.1, -0.05) is 40.7 Å². The van der Waals surface area contributed by atoms with Crippen LogP contribution >= 0.6 is 11.3 Å². The van der Waals surface area contributed by atoms with Gasteiger partial charge in [0.15, 0.2) is 6.10 Å². The number of ether oxygens (including phenoxy) is 3. The number of carboxylic acid groups (broad SMARTS) is 1. The summed E-state index contributed by atoms with van der Waals surface area (Å²) in [6, 6.07) is -0.200. The lowest BCUT2D eigenvalue weighted by atomic mass is 9.93. The number of phenolic OH excluding ortho intramolecular Hbond substituents is 1. The molecule has 2 aromatic rings. The van der Waals surface area contributed by atoms with Crippen LogP contribution in [0, 0.1) is 17.8 Å². The van der Waals surface area contributed by atoms with Crippen LogP contribution in [0.2, 0.25) is 0 Å². The summed E-state index contributed by atoms with van der Waals surface area (Å²) in [5.41, 5.74) is -0.545. The molecule has 1 fully saturated rings. The number of hydrogen-bond donors (Lipinski definition) is 8. The second-order valence-electron chi connectivity index (χ2n) is 22.2. The molecule has 27 heteroatoms. The number of anilines is 1. The molecule has 2 aliphatic rings. The Bertz CT molecular complexity index is 2690. The number of aromatic nitrogens is 1. The molecule has 84 heavy (non-hydrogen) atoms. The first-order valence-corrected chi connectivity index (χ1v) is 29.1. The van der Waals surface area contributed by atoms with E-state index in [1.165, 1.54) is 63.4 Å². The number of hydrogen-bond acceptors (Lipinski definition) is 18. The number of carbonyl (C=O) groups is 11. The number of rotatable bonds is 33. The number of aliphatic carboxylic acids is 1. The van der Waals surface area contributed by atoms with E-state index >= 15 is 0 Å². The summed E-state index contributed by atoms with van der Waals surface area (Å²) < 4.78 is 16.7. The molecule has 464 valence electrons. The molecule has 7 atom stereocenters. The van der Waals surface area contributed by atoms with Gasteiger partial charge in [-0.2, -0.15) is 0 Å². The van der Waals surface area contributed by atoms with Crippen molar-refractivity contribution < 1.29 is 77.2 Å². The van der Waals surface area contributed by atoms with E-state index in [1.54, 1.807) is 11.9 Å². The number of nitrogens with one attached hydrogen (secondary N) is 6. The third-order valence-corrected chi connectivity index (χ3v) is 15.4. The van der Waals surface area contributed by atoms with Gasteiger partial charge in [0.1, 0.15) is 34.6 Å². The van der Waals surface area contributed by atoms with E-state index in [4.69, 9.17) is 14.2 Å². The van der Waals surface area contributed by atoms with Crippen molar-refractivity contribution in [1.29, 1.82) is 0 Å². The van der Waals surface area contributed by atoms with Crippen molar-refractivity contribution >= 4 is 82.1 Å². The summed E-state index contributed by atoms with van der Waals surface area (Å²) >= 11 is 1.06. The fourth-order valence-corrected chi connectivity index (χ4v) is 10.1. The van der Waals surface area contributed by atoms with E-state index in [-0.39, 0.29) is 110 Å². The Hall–Kier alpha value is -7.36. The molecule has 26 nitrogen and oxygen atoms in total. The van der Waals surface area contributed by atoms with Crippen LogP contribution in [0.1, 0.15) is 129 Å². The lowest BCUT2D eigenvalue weighted by Crippen LogP contribution is -2.62. The molecule has 4 rings (SSSR count). The number of amides is 9. The molecule has 1 aromatic heterocycles. The summed E-state index contributed by atoms with van der Waals surface area (Å²) in [6.07, 6.45) is 1.69. The van der Waals surface area contributed by atoms with Crippen molar-refractivity contribution in [2.75, 3.05) is 65.0 Å². The number of thiazole rings is 1. The highest BCUT2D eigenvalue weighted by Gasteiger charge is 2.40. The maximum Gasteiger partial charge on any atom is 0.306 e. The monoisotopic (exact) mass is 1200 g/mol. The van der Waals surface area contributed by atoms with E-state index in [0.29, 0.717) is 38.3 Å². The Morgan fingerprint density at radius 3 is 2.11 bits per heavy atom. The van der Waals surface area contributed by atoms with E-state index < -0.39 is 95.2 Å². The number of carbonyl (C=O) groups excluding carboxylic acids is 10. The number of aromatic hydroxyl groups is 1. The van der Waals surface area contributed by atoms with Gasteiger partial charge in [0.25, 0.3) is 17.7 Å². The maximum absolute atomic E-state index is 14.3. The van der Waals surface area contributed by atoms with Crippen LogP contribution in [0.4, 0.5) is 5.69 Å². The van der Waals surface area contributed by atoms with Crippen molar-refractivity contribution in [3.05, 3.63) is 52.0 Å². The highest BCUT2D eigenvalue weighted by molar-refractivity contribution is 7.09. The molecule has 1 aromatic carbocycles. The van der Waals surface area contributed by atoms with Crippen LogP contribution in [0.25, 0.3) is 0 Å². The summed E-state index contributed by atoms with van der Waals surface area (Å²) in [7, 11) is 1.64. The lowest BCUT2D eigenvalue weighted by molar-refractivity contribution is -0.149. The molecule has 8 N–H and O–H groups in total. The van der Waals surface area contributed by atoms with Crippen molar-refractivity contribution in [3.63, 3.8) is 0 Å². The molecule has 1 saturated heterocycles. The van der Waals surface area contributed by atoms with Gasteiger partial charge in [-0.05, 0) is 76.5 Å². The van der Waals surface area contributed by atoms with Gasteiger partial charge in [-0.25, -0.2) is 4.98 Å². The minimum atomic E-state index is -1.16. The molecule has 0 spiro atoms. The Kier molecular flexibility index (Phi) is 26.9. The van der Waals surface area contributed by atoms with E-state index in [1.807, 2.05) is 46.4 Å². The highest BCUT2D eigenvalue weighted by atomic mass is 32.1. The van der Waals surface area contributed by atoms with Gasteiger partial charge in [-0.15, -0.1) is 11.3 Å². The average molecular weight is 1200 g/mol. The smallest absolute Gasteiger partial charge is 0.306 e. The molecule has 2 aliphatic heterocycles. The minimum absolute atomic E-state index is 0.0219. The zero-order valence-corrected chi connectivity index (χ0v) is 50.7. The number of nitrogens with zero attached hydrogens (tertiary/aromatic N) is 4. The quantitative estimate of drug-likeness (QED) is 0.0220. The SMILES string of the molecule is CC(=O)O[C@H](C[C@H](C(C)C)N(C)C(=O)[C@@H](NC(=O)C(C)(C)N1CCOCC1)C(C)C)c1nc(C(=O)N[C@@H](Cc2ccc(O)c(NC(=O)[C@H](C)NC(=O)[C@H](C)NC(=O)CCOCCNC(=O)CCCN3C(=O)C=CC3=O)c2)C[C@H](C)C(=O)O)cs1. The Labute approximate surface area is 493 Å². The molecule has 0 radical (unpaired) electrons. The van der Waals surface area contributed by atoms with Crippen LogP contribution in [0.3, 0.4) is 0 Å². The molecule has 9 amide bonds. The zero-order valence-electron chi connectivity index (χ0n) is 49.9. The summed E-state index contributed by atoms with van der Waals surface area (Å²) in [5, 5.41) is 38.5. The Morgan fingerprint density at radius 2 is 1.49 bits per heavy atom. The molecular weight excluding hydrogens is 1110 g/mol. The molecule has 0 bridgehead atoms. The fourth-order valence-electron chi connectivity index (χ4n) is 9.28. The summed E-state index contributed by atoms with van der Waals surface area (Å²) in [6.45, 7) is 19.1. The van der Waals surface area contributed by atoms with Gasteiger partial charge in [0.2, 0.25) is 35.4 Å². The lowest BCUT2D eigenvalue weighted by Gasteiger charge is -2.41. The summed E-state index contributed by atoms with van der Waals surface area (Å²) in [5.74, 6) is -7.85. The number of likely N-dealkylation sites (N-methyl/N-ethyl adjacent to an activating group) is 1. The predicted molar refractivity (Wildman–Crippen MR) is 308 cm³/mol. The zero-order chi connectivity index (χ0) is 62.6. The fraction of sp³-hybridized carbons (Fsp3) is 0.614. The van der Waals surface area contributed by atoms with Gasteiger partial charge in [0.05, 0.1) is 43.6 Å². The second kappa shape index (κ2) is 32.6. The molecule has 0 aliphatic carbocycles. The van der Waals surface area contributed by atoms with Crippen molar-refractivity contribution in [3.8, 4) is 5.75 Å².